The van der Waals surface area contributed by atoms with Gasteiger partial charge in [0.2, 0.25) is 5.88 Å². The third-order valence-corrected chi connectivity index (χ3v) is 4.77. The fourth-order valence-electron chi connectivity index (χ4n) is 3.19. The largest absolute Gasteiger partial charge is 0.493 e. The van der Waals surface area contributed by atoms with Crippen LogP contribution >= 0.6 is 0 Å². The maximum atomic E-state index is 12.3. The van der Waals surface area contributed by atoms with Gasteiger partial charge < -0.3 is 19.8 Å². The number of hydrogen-bond acceptors (Lipinski definition) is 5. The summed E-state index contributed by atoms with van der Waals surface area (Å²) in [6.45, 7) is 7.94. The molecule has 0 radical (unpaired) electrons. The molecule has 2 unspecified atom stereocenters. The van der Waals surface area contributed by atoms with E-state index in [0.717, 1.165) is 17.5 Å². The lowest BCUT2D eigenvalue weighted by Gasteiger charge is -2.35. The van der Waals surface area contributed by atoms with Crippen molar-refractivity contribution in [3.8, 4) is 0 Å². The van der Waals surface area contributed by atoms with E-state index in [1.165, 1.54) is 0 Å². The molecule has 6 nitrogen and oxygen atoms in total. The molecule has 0 aromatic heterocycles. The molecule has 6 heteroatoms. The lowest BCUT2D eigenvalue weighted by molar-refractivity contribution is 0.00760. The van der Waals surface area contributed by atoms with Crippen molar-refractivity contribution in [3.63, 3.8) is 0 Å². The minimum Gasteiger partial charge on any atom is -0.493 e. The number of allylic oxidation sites excluding steroid dienone is 3. The maximum absolute atomic E-state index is 12.3. The number of aliphatic imine (C=N–C) groups is 1. The van der Waals surface area contributed by atoms with Gasteiger partial charge in [-0.1, -0.05) is 36.4 Å². The second-order valence-corrected chi connectivity index (χ2v) is 6.55. The second-order valence-electron chi connectivity index (χ2n) is 6.55. The molecule has 1 aromatic carbocycles. The summed E-state index contributed by atoms with van der Waals surface area (Å²) in [5.41, 5.74) is 2.39. The number of amides is 1. The molecule has 2 atom stereocenters. The van der Waals surface area contributed by atoms with Crippen LogP contribution in [0.25, 0.3) is 5.57 Å². The van der Waals surface area contributed by atoms with Crippen LogP contribution in [0.3, 0.4) is 0 Å². The van der Waals surface area contributed by atoms with Crippen LogP contribution in [0, 0.1) is 0 Å². The summed E-state index contributed by atoms with van der Waals surface area (Å²) in [4.78, 5) is 17.7. The summed E-state index contributed by atoms with van der Waals surface area (Å²) in [5, 5.41) is 18.8. The first kappa shape index (κ1) is 20.7. The molecule has 0 bridgehead atoms. The van der Waals surface area contributed by atoms with Gasteiger partial charge in [0, 0.05) is 25.1 Å². The van der Waals surface area contributed by atoms with Crippen molar-refractivity contribution in [3.05, 3.63) is 53.4 Å². The molecule has 1 saturated heterocycles. The van der Waals surface area contributed by atoms with Gasteiger partial charge in [0.25, 0.3) is 0 Å². The Morgan fingerprint density at radius 2 is 2.15 bits per heavy atom. The first-order valence-electron chi connectivity index (χ1n) is 9.22. The average molecular weight is 372 g/mol. The molecule has 1 aromatic rings. The van der Waals surface area contributed by atoms with Crippen molar-refractivity contribution in [2.24, 2.45) is 4.99 Å². The van der Waals surface area contributed by atoms with Crippen LogP contribution in [-0.4, -0.2) is 47.2 Å². The van der Waals surface area contributed by atoms with Crippen LogP contribution in [0.4, 0.5) is 4.79 Å². The molecule has 146 valence electrons. The summed E-state index contributed by atoms with van der Waals surface area (Å²) in [6.07, 6.45) is 5.27. The van der Waals surface area contributed by atoms with Crippen LogP contribution < -0.4 is 0 Å². The van der Waals surface area contributed by atoms with E-state index in [9.17, 15) is 9.90 Å². The molecule has 1 aliphatic heterocycles. The summed E-state index contributed by atoms with van der Waals surface area (Å²) >= 11 is 0. The molecule has 2 N–H and O–H groups in total. The van der Waals surface area contributed by atoms with Gasteiger partial charge in [-0.25, -0.2) is 9.79 Å². The number of aliphatic hydroxyl groups is 2. The molecule has 1 fully saturated rings. The molecule has 1 heterocycles. The first-order valence-corrected chi connectivity index (χ1v) is 9.22. The summed E-state index contributed by atoms with van der Waals surface area (Å²) in [6, 6.07) is 7.53. The molecule has 27 heavy (non-hydrogen) atoms. The Hall–Kier alpha value is -2.60. The predicted octanol–water partition coefficient (Wildman–Crippen LogP) is 4.23. The zero-order valence-electron chi connectivity index (χ0n) is 16.0. The number of cyclic esters (lactones) is 1. The third kappa shape index (κ3) is 5.20. The van der Waals surface area contributed by atoms with Gasteiger partial charge >= 0.3 is 6.09 Å². The lowest BCUT2D eigenvalue weighted by atomic mass is 10.00. The summed E-state index contributed by atoms with van der Waals surface area (Å²) in [7, 11) is 0. The highest BCUT2D eigenvalue weighted by Gasteiger charge is 2.30. The van der Waals surface area contributed by atoms with E-state index in [-0.39, 0.29) is 30.7 Å². The molecule has 1 aliphatic rings. The van der Waals surface area contributed by atoms with E-state index >= 15 is 0 Å². The van der Waals surface area contributed by atoms with Crippen molar-refractivity contribution in [1.82, 2.24) is 4.90 Å². The van der Waals surface area contributed by atoms with Gasteiger partial charge in [0.05, 0.1) is 6.04 Å². The van der Waals surface area contributed by atoms with Crippen molar-refractivity contribution in [1.29, 1.82) is 0 Å². The predicted molar refractivity (Wildman–Crippen MR) is 107 cm³/mol. The van der Waals surface area contributed by atoms with Crippen molar-refractivity contribution >= 4 is 18.4 Å². The van der Waals surface area contributed by atoms with E-state index in [1.54, 1.807) is 11.0 Å². The van der Waals surface area contributed by atoms with Crippen LogP contribution in [-0.2, 0) is 4.74 Å². The number of carbonyl (C=O) groups is 1. The molecular formula is C21H28N2O4. The van der Waals surface area contributed by atoms with E-state index < -0.39 is 0 Å². The zero-order valence-corrected chi connectivity index (χ0v) is 16.0. The summed E-state index contributed by atoms with van der Waals surface area (Å²) in [5.74, 6) is -0.123. The van der Waals surface area contributed by atoms with E-state index in [4.69, 9.17) is 9.84 Å². The maximum Gasteiger partial charge on any atom is 0.410 e. The summed E-state index contributed by atoms with van der Waals surface area (Å²) < 4.78 is 5.49. The van der Waals surface area contributed by atoms with Crippen LogP contribution in [0.15, 0.2) is 47.3 Å². The van der Waals surface area contributed by atoms with Crippen molar-refractivity contribution < 1.29 is 19.7 Å². The SMILES string of the molecule is C=N/C(O)=C(\C=C/C)c1ccc(C(C)N2CCC(CCCO)OC2=O)cc1. The third-order valence-electron chi connectivity index (χ3n) is 4.77. The number of rotatable bonds is 8. The van der Waals surface area contributed by atoms with Crippen LogP contribution in [0.2, 0.25) is 0 Å². The number of carbonyl (C=O) groups excluding carboxylic acids is 1. The monoisotopic (exact) mass is 372 g/mol. The molecule has 1 amide bonds. The Bertz CT molecular complexity index is 709. The quantitative estimate of drug-likeness (QED) is 0.406. The molecular weight excluding hydrogens is 344 g/mol. The zero-order chi connectivity index (χ0) is 19.8. The van der Waals surface area contributed by atoms with E-state index in [1.807, 2.05) is 44.2 Å². The molecule has 2 rings (SSSR count). The van der Waals surface area contributed by atoms with Gasteiger partial charge in [-0.2, -0.15) is 0 Å². The molecule has 0 spiro atoms. The Balaban J connectivity index is 2.11. The topological polar surface area (TPSA) is 82.4 Å². The normalized spacial score (nSPS) is 19.6. The fraction of sp³-hybridized carbons (Fsp3) is 0.429. The highest BCUT2D eigenvalue weighted by atomic mass is 16.6. The number of aliphatic hydroxyl groups excluding tert-OH is 2. The van der Waals surface area contributed by atoms with Gasteiger partial charge in [-0.05, 0) is 44.5 Å². The number of hydrogen-bond donors (Lipinski definition) is 2. The van der Waals surface area contributed by atoms with Gasteiger partial charge in [0.15, 0.2) is 0 Å². The highest BCUT2D eigenvalue weighted by Crippen LogP contribution is 2.28. The number of benzene rings is 1. The highest BCUT2D eigenvalue weighted by molar-refractivity contribution is 5.76. The minimum absolute atomic E-state index is 0.112. The standard InChI is InChI=1S/C21H28N2O4/c1-4-6-19(20(25)22-3)17-10-8-16(9-11-17)15(2)23-13-12-18(7-5-14-24)27-21(23)26/h4,6,8-11,15,18,24-25H,3,5,7,12-14H2,1-2H3/b6-4-,20-19-. The van der Waals surface area contributed by atoms with Gasteiger partial charge in [-0.15, -0.1) is 0 Å². The second kappa shape index (κ2) is 9.92. The van der Waals surface area contributed by atoms with Gasteiger partial charge in [0.1, 0.15) is 6.10 Å². The van der Waals surface area contributed by atoms with E-state index in [0.29, 0.717) is 25.0 Å². The number of ether oxygens (including phenoxy) is 1. The van der Waals surface area contributed by atoms with E-state index in [2.05, 4.69) is 11.7 Å². The lowest BCUT2D eigenvalue weighted by Crippen LogP contribution is -2.43. The Kier molecular flexibility index (Phi) is 7.61. The average Bonchev–Trinajstić information content (AvgIpc) is 2.69. The van der Waals surface area contributed by atoms with Crippen molar-refractivity contribution in [2.75, 3.05) is 13.2 Å². The van der Waals surface area contributed by atoms with Crippen LogP contribution in [0.5, 0.6) is 0 Å². The smallest absolute Gasteiger partial charge is 0.410 e. The first-order chi connectivity index (χ1) is 13.0. The number of nitrogens with zero attached hydrogens (tertiary/aromatic N) is 2. The Morgan fingerprint density at radius 3 is 2.70 bits per heavy atom. The Morgan fingerprint density at radius 1 is 1.44 bits per heavy atom. The Labute approximate surface area is 160 Å². The van der Waals surface area contributed by atoms with Gasteiger partial charge in [-0.3, -0.25) is 0 Å². The molecule has 0 saturated carbocycles. The van der Waals surface area contributed by atoms with Crippen LogP contribution in [0.1, 0.15) is 50.3 Å². The minimum atomic E-state index is -0.316. The van der Waals surface area contributed by atoms with Crippen molar-refractivity contribution in [2.45, 2.75) is 45.3 Å². The fourth-order valence-corrected chi connectivity index (χ4v) is 3.19. The molecule has 0 aliphatic carbocycles.